The average Bonchev–Trinajstić information content (AvgIpc) is 2.03. The minimum absolute atomic E-state index is 0.674. The Bertz CT molecular complexity index is 473. The van der Waals surface area contributed by atoms with Crippen molar-refractivity contribution in [3.63, 3.8) is 0 Å². The molecule has 0 saturated carbocycles. The summed E-state index contributed by atoms with van der Waals surface area (Å²) in [5.41, 5.74) is 3.16. The molecule has 0 fully saturated rings. The molecule has 0 bridgehead atoms. The highest BCUT2D eigenvalue weighted by Gasteiger charge is 1.92. The summed E-state index contributed by atoms with van der Waals surface area (Å²) in [5, 5.41) is 0. The van der Waals surface area contributed by atoms with E-state index in [1.54, 1.807) is 6.20 Å². The monoisotopic (exact) mass is 176 g/mol. The van der Waals surface area contributed by atoms with Crippen LogP contribution < -0.4 is 0 Å². The van der Waals surface area contributed by atoms with Crippen molar-refractivity contribution >= 4 is 23.3 Å². The van der Waals surface area contributed by atoms with Gasteiger partial charge in [0.2, 0.25) is 0 Å². The summed E-state index contributed by atoms with van der Waals surface area (Å²) in [4.78, 5) is 7.27. The Morgan fingerprint density at radius 1 is 1.42 bits per heavy atom. The van der Waals surface area contributed by atoms with Crippen LogP contribution in [0.3, 0.4) is 0 Å². The molecule has 1 N–H and O–H groups in total. The second-order valence-corrected chi connectivity index (χ2v) is 3.21. The summed E-state index contributed by atoms with van der Waals surface area (Å²) >= 11 is 4.96. The molecule has 1 heterocycles. The van der Waals surface area contributed by atoms with Crippen molar-refractivity contribution in [2.75, 3.05) is 0 Å². The first-order valence-corrected chi connectivity index (χ1v) is 4.12. The molecule has 0 amide bonds. The SMILES string of the molecule is Cc1ccc2ncc(=S)[nH]c2c1. The van der Waals surface area contributed by atoms with Crippen LogP contribution in [0, 0.1) is 11.6 Å². The van der Waals surface area contributed by atoms with Crippen molar-refractivity contribution in [3.8, 4) is 0 Å². The Kier molecular flexibility index (Phi) is 1.66. The van der Waals surface area contributed by atoms with Gasteiger partial charge in [-0.15, -0.1) is 0 Å². The number of H-pyrrole nitrogens is 1. The van der Waals surface area contributed by atoms with Gasteiger partial charge in [0.05, 0.1) is 17.2 Å². The largest absolute Gasteiger partial charge is 0.344 e. The Morgan fingerprint density at radius 2 is 2.25 bits per heavy atom. The third-order valence-electron chi connectivity index (χ3n) is 1.73. The number of nitrogens with zero attached hydrogens (tertiary/aromatic N) is 1. The molecule has 1 aromatic heterocycles. The first-order valence-electron chi connectivity index (χ1n) is 3.71. The lowest BCUT2D eigenvalue weighted by Crippen LogP contribution is -1.83. The van der Waals surface area contributed by atoms with Gasteiger partial charge in [-0.3, -0.25) is 4.98 Å². The topological polar surface area (TPSA) is 28.7 Å². The van der Waals surface area contributed by atoms with Gasteiger partial charge in [-0.05, 0) is 24.6 Å². The third kappa shape index (κ3) is 1.23. The molecule has 2 nitrogen and oxygen atoms in total. The zero-order valence-electron chi connectivity index (χ0n) is 6.66. The van der Waals surface area contributed by atoms with Gasteiger partial charge < -0.3 is 4.98 Å². The molecule has 2 aromatic rings. The van der Waals surface area contributed by atoms with Crippen LogP contribution in [0.15, 0.2) is 24.4 Å². The van der Waals surface area contributed by atoms with Gasteiger partial charge in [-0.25, -0.2) is 0 Å². The number of hydrogen-bond donors (Lipinski definition) is 1. The van der Waals surface area contributed by atoms with E-state index < -0.39 is 0 Å². The van der Waals surface area contributed by atoms with Gasteiger partial charge in [-0.2, -0.15) is 0 Å². The highest BCUT2D eigenvalue weighted by Crippen LogP contribution is 2.09. The summed E-state index contributed by atoms with van der Waals surface area (Å²) < 4.78 is 0.674. The molecule has 0 saturated heterocycles. The molecule has 0 spiro atoms. The number of aryl methyl sites for hydroxylation is 1. The van der Waals surface area contributed by atoms with E-state index in [1.165, 1.54) is 5.56 Å². The molecular weight excluding hydrogens is 168 g/mol. The van der Waals surface area contributed by atoms with E-state index in [0.717, 1.165) is 11.0 Å². The average molecular weight is 176 g/mol. The molecule has 2 rings (SSSR count). The van der Waals surface area contributed by atoms with Crippen LogP contribution in [-0.2, 0) is 0 Å². The van der Waals surface area contributed by atoms with Crippen LogP contribution in [0.25, 0.3) is 11.0 Å². The fraction of sp³-hybridized carbons (Fsp3) is 0.111. The van der Waals surface area contributed by atoms with E-state index in [4.69, 9.17) is 12.2 Å². The molecule has 0 aliphatic carbocycles. The van der Waals surface area contributed by atoms with E-state index in [-0.39, 0.29) is 0 Å². The molecular formula is C9H8N2S. The van der Waals surface area contributed by atoms with Gasteiger partial charge in [0, 0.05) is 0 Å². The maximum Gasteiger partial charge on any atom is 0.122 e. The van der Waals surface area contributed by atoms with Crippen LogP contribution >= 0.6 is 12.2 Å². The highest BCUT2D eigenvalue weighted by atomic mass is 32.1. The number of nitrogens with one attached hydrogen (secondary N) is 1. The molecule has 0 atom stereocenters. The third-order valence-corrected chi connectivity index (χ3v) is 1.94. The van der Waals surface area contributed by atoms with E-state index >= 15 is 0 Å². The molecule has 1 aromatic carbocycles. The van der Waals surface area contributed by atoms with E-state index in [2.05, 4.69) is 9.97 Å². The zero-order valence-corrected chi connectivity index (χ0v) is 7.48. The number of fused-ring (bicyclic) bond motifs is 1. The van der Waals surface area contributed by atoms with Crippen LogP contribution in [0.5, 0.6) is 0 Å². The molecule has 0 unspecified atom stereocenters. The van der Waals surface area contributed by atoms with Crippen molar-refractivity contribution in [1.29, 1.82) is 0 Å². The molecule has 60 valence electrons. The number of rotatable bonds is 0. The smallest absolute Gasteiger partial charge is 0.122 e. The number of aromatic amines is 1. The predicted octanol–water partition coefficient (Wildman–Crippen LogP) is 2.60. The zero-order chi connectivity index (χ0) is 8.55. The lowest BCUT2D eigenvalue weighted by atomic mass is 10.2. The highest BCUT2D eigenvalue weighted by molar-refractivity contribution is 7.71. The van der Waals surface area contributed by atoms with Crippen molar-refractivity contribution in [2.45, 2.75) is 6.92 Å². The Labute approximate surface area is 75.3 Å². The van der Waals surface area contributed by atoms with Gasteiger partial charge in [0.1, 0.15) is 4.64 Å². The summed E-state index contributed by atoms with van der Waals surface area (Å²) in [5.74, 6) is 0. The van der Waals surface area contributed by atoms with E-state index in [0.29, 0.717) is 4.64 Å². The van der Waals surface area contributed by atoms with Crippen molar-refractivity contribution in [3.05, 3.63) is 34.6 Å². The summed E-state index contributed by atoms with van der Waals surface area (Å²) in [6.07, 6.45) is 1.66. The summed E-state index contributed by atoms with van der Waals surface area (Å²) in [7, 11) is 0. The normalized spacial score (nSPS) is 10.4. The molecule has 0 radical (unpaired) electrons. The lowest BCUT2D eigenvalue weighted by Gasteiger charge is -1.97. The first-order chi connectivity index (χ1) is 5.75. The number of aromatic nitrogens is 2. The predicted molar refractivity (Wildman–Crippen MR) is 51.7 cm³/mol. The van der Waals surface area contributed by atoms with Crippen LogP contribution in [0.2, 0.25) is 0 Å². The Morgan fingerprint density at radius 3 is 3.08 bits per heavy atom. The summed E-state index contributed by atoms with van der Waals surface area (Å²) in [6, 6.07) is 6.06. The fourth-order valence-electron chi connectivity index (χ4n) is 1.16. The Hall–Kier alpha value is -1.22. The van der Waals surface area contributed by atoms with E-state index in [9.17, 15) is 0 Å². The number of hydrogen-bond acceptors (Lipinski definition) is 2. The van der Waals surface area contributed by atoms with Crippen molar-refractivity contribution in [2.24, 2.45) is 0 Å². The molecule has 3 heteroatoms. The van der Waals surface area contributed by atoms with Gasteiger partial charge in [0.15, 0.2) is 0 Å². The van der Waals surface area contributed by atoms with Crippen LogP contribution in [-0.4, -0.2) is 9.97 Å². The van der Waals surface area contributed by atoms with Gasteiger partial charge in [0.25, 0.3) is 0 Å². The lowest BCUT2D eigenvalue weighted by molar-refractivity contribution is 1.26. The molecule has 12 heavy (non-hydrogen) atoms. The molecule has 0 aliphatic heterocycles. The standard InChI is InChI=1S/C9H8N2S/c1-6-2-3-7-8(4-6)11-9(12)5-10-7/h2-5H,1H3,(H,11,12). The summed E-state index contributed by atoms with van der Waals surface area (Å²) in [6.45, 7) is 2.04. The minimum Gasteiger partial charge on any atom is -0.344 e. The fourth-order valence-corrected chi connectivity index (χ4v) is 1.32. The van der Waals surface area contributed by atoms with Gasteiger partial charge in [-0.1, -0.05) is 18.3 Å². The maximum atomic E-state index is 4.96. The van der Waals surface area contributed by atoms with Crippen LogP contribution in [0.1, 0.15) is 5.56 Å². The first kappa shape index (κ1) is 7.43. The Balaban J connectivity index is 2.89. The number of benzene rings is 1. The van der Waals surface area contributed by atoms with Gasteiger partial charge >= 0.3 is 0 Å². The quantitative estimate of drug-likeness (QED) is 0.625. The second-order valence-electron chi connectivity index (χ2n) is 2.77. The van der Waals surface area contributed by atoms with Crippen LogP contribution in [0.4, 0.5) is 0 Å². The van der Waals surface area contributed by atoms with Crippen molar-refractivity contribution < 1.29 is 0 Å². The molecule has 0 aliphatic rings. The second kappa shape index (κ2) is 2.68. The van der Waals surface area contributed by atoms with Crippen molar-refractivity contribution in [1.82, 2.24) is 9.97 Å². The maximum absolute atomic E-state index is 4.96. The van der Waals surface area contributed by atoms with E-state index in [1.807, 2.05) is 25.1 Å². The minimum atomic E-state index is 0.674.